The Balaban J connectivity index is 1.31. The van der Waals surface area contributed by atoms with Crippen molar-refractivity contribution in [2.24, 2.45) is 11.3 Å². The van der Waals surface area contributed by atoms with Crippen LogP contribution in [-0.2, 0) is 4.74 Å². The van der Waals surface area contributed by atoms with Gasteiger partial charge in [-0.25, -0.2) is 13.6 Å². The minimum atomic E-state index is -0.613. The molecule has 2 atom stereocenters. The number of carbonyl (C=O) groups is 1. The molecule has 0 aliphatic carbocycles. The molecule has 3 saturated heterocycles. The molecule has 3 fully saturated rings. The molecule has 0 saturated carbocycles. The maximum absolute atomic E-state index is 13.9. The molecule has 1 unspecified atom stereocenters. The van der Waals surface area contributed by atoms with Crippen LogP contribution in [0, 0.1) is 23.0 Å². The van der Waals surface area contributed by atoms with E-state index in [-0.39, 0.29) is 23.7 Å². The van der Waals surface area contributed by atoms with Gasteiger partial charge in [-0.05, 0) is 55.6 Å². The zero-order valence-electron chi connectivity index (χ0n) is 19.5. The molecule has 0 radical (unpaired) electrons. The van der Waals surface area contributed by atoms with Crippen LogP contribution in [0.3, 0.4) is 0 Å². The lowest BCUT2D eigenvalue weighted by Crippen LogP contribution is -2.53. The number of piperidine rings is 3. The fourth-order valence-corrected chi connectivity index (χ4v) is 5.22. The molecule has 1 amide bonds. The largest absolute Gasteiger partial charge is 0.493 e. The van der Waals surface area contributed by atoms with Gasteiger partial charge in [-0.3, -0.25) is 4.90 Å². The Morgan fingerprint density at radius 1 is 1.15 bits per heavy atom. The van der Waals surface area contributed by atoms with E-state index in [0.29, 0.717) is 23.8 Å². The standard InChI is InChI=1S/C27H30F2N2O3/c1-27(2)16-33-23-13-17(3-5-18-6-7-20(28)14-22(18)29)4-8-21(23)25(27)30-26(32)34-24-15-31-11-9-19(24)10-12-31/h3-8,13-14,19,24-25H,9-12,15-16H2,1-2H3,(H,30,32)/b5-3+/t24-,25?/m0/s1. The summed E-state index contributed by atoms with van der Waals surface area (Å²) in [4.78, 5) is 15.2. The smallest absolute Gasteiger partial charge is 0.407 e. The van der Waals surface area contributed by atoms with Crippen molar-refractivity contribution in [3.8, 4) is 5.75 Å². The van der Waals surface area contributed by atoms with E-state index in [1.807, 2.05) is 18.2 Å². The number of halogens is 2. The second kappa shape index (κ2) is 9.02. The number of nitrogens with zero attached hydrogens (tertiary/aromatic N) is 1. The minimum Gasteiger partial charge on any atom is -0.493 e. The summed E-state index contributed by atoms with van der Waals surface area (Å²) in [6, 6.07) is 8.92. The molecule has 4 aliphatic heterocycles. The number of carbonyl (C=O) groups excluding carboxylic acids is 1. The van der Waals surface area contributed by atoms with Crippen molar-refractivity contribution in [3.63, 3.8) is 0 Å². The van der Waals surface area contributed by atoms with Gasteiger partial charge in [0.25, 0.3) is 0 Å². The normalized spacial score (nSPS) is 27.2. The number of alkyl carbamates (subject to hydrolysis) is 1. The number of amides is 1. The van der Waals surface area contributed by atoms with Crippen LogP contribution >= 0.6 is 0 Å². The van der Waals surface area contributed by atoms with E-state index in [1.165, 1.54) is 12.1 Å². The number of hydrogen-bond donors (Lipinski definition) is 1. The number of hydrogen-bond acceptors (Lipinski definition) is 4. The minimum absolute atomic E-state index is 0.0516. The lowest BCUT2D eigenvalue weighted by molar-refractivity contribution is -0.0361. The first-order valence-corrected chi connectivity index (χ1v) is 11.9. The molecular weight excluding hydrogens is 438 g/mol. The summed E-state index contributed by atoms with van der Waals surface area (Å²) in [6.45, 7) is 7.55. The summed E-state index contributed by atoms with van der Waals surface area (Å²) < 4.78 is 38.9. The molecule has 180 valence electrons. The summed E-state index contributed by atoms with van der Waals surface area (Å²) in [5.41, 5.74) is 1.68. The fourth-order valence-electron chi connectivity index (χ4n) is 5.22. The first-order valence-electron chi connectivity index (χ1n) is 11.9. The summed E-state index contributed by atoms with van der Waals surface area (Å²) in [7, 11) is 0. The lowest BCUT2D eigenvalue weighted by Gasteiger charge is -2.44. The van der Waals surface area contributed by atoms with Crippen molar-refractivity contribution in [3.05, 3.63) is 64.7 Å². The van der Waals surface area contributed by atoms with E-state index in [1.54, 1.807) is 12.2 Å². The van der Waals surface area contributed by atoms with Crippen molar-refractivity contribution in [2.75, 3.05) is 26.2 Å². The molecule has 0 aromatic heterocycles. The Morgan fingerprint density at radius 3 is 2.65 bits per heavy atom. The molecule has 0 spiro atoms. The Labute approximate surface area is 198 Å². The number of benzene rings is 2. The van der Waals surface area contributed by atoms with Gasteiger partial charge in [0.15, 0.2) is 0 Å². The number of fused-ring (bicyclic) bond motifs is 4. The quantitative estimate of drug-likeness (QED) is 0.610. The zero-order valence-corrected chi connectivity index (χ0v) is 19.5. The van der Waals surface area contributed by atoms with Gasteiger partial charge in [0.05, 0.1) is 12.6 Å². The van der Waals surface area contributed by atoms with Crippen molar-refractivity contribution < 1.29 is 23.0 Å². The Bertz CT molecular complexity index is 1110. The van der Waals surface area contributed by atoms with Gasteiger partial charge in [-0.2, -0.15) is 0 Å². The topological polar surface area (TPSA) is 50.8 Å². The van der Waals surface area contributed by atoms with Gasteiger partial charge in [-0.1, -0.05) is 38.1 Å². The van der Waals surface area contributed by atoms with Crippen LogP contribution in [0.25, 0.3) is 12.2 Å². The van der Waals surface area contributed by atoms with Crippen LogP contribution in [0.15, 0.2) is 36.4 Å². The predicted molar refractivity (Wildman–Crippen MR) is 126 cm³/mol. The maximum Gasteiger partial charge on any atom is 0.407 e. The monoisotopic (exact) mass is 468 g/mol. The molecule has 7 heteroatoms. The molecule has 2 aromatic rings. The summed E-state index contributed by atoms with van der Waals surface area (Å²) in [5, 5.41) is 3.10. The van der Waals surface area contributed by atoms with E-state index in [4.69, 9.17) is 9.47 Å². The summed E-state index contributed by atoms with van der Waals surface area (Å²) in [6.07, 6.45) is 5.09. The Morgan fingerprint density at radius 2 is 1.94 bits per heavy atom. The average Bonchev–Trinajstić information content (AvgIpc) is 2.81. The predicted octanol–water partition coefficient (Wildman–Crippen LogP) is 5.42. The molecule has 2 bridgehead atoms. The highest BCUT2D eigenvalue weighted by molar-refractivity contribution is 5.72. The summed E-state index contributed by atoms with van der Waals surface area (Å²) in [5.74, 6) is -0.0943. The highest BCUT2D eigenvalue weighted by Crippen LogP contribution is 2.43. The van der Waals surface area contributed by atoms with Crippen LogP contribution in [0.2, 0.25) is 0 Å². The third-order valence-corrected chi connectivity index (χ3v) is 7.26. The Kier molecular flexibility index (Phi) is 6.06. The van der Waals surface area contributed by atoms with Crippen molar-refractivity contribution in [1.82, 2.24) is 10.2 Å². The van der Waals surface area contributed by atoms with Gasteiger partial charge >= 0.3 is 6.09 Å². The van der Waals surface area contributed by atoms with E-state index in [9.17, 15) is 13.6 Å². The van der Waals surface area contributed by atoms with E-state index in [0.717, 1.165) is 49.7 Å². The molecular formula is C27H30F2N2O3. The second-order valence-electron chi connectivity index (χ2n) is 10.2. The SMILES string of the molecule is CC1(C)COc2cc(/C=C/c3ccc(F)cc3F)ccc2C1NC(=O)O[C@H]1CN2CCC1CC2. The Hall–Kier alpha value is -2.93. The van der Waals surface area contributed by atoms with Crippen LogP contribution < -0.4 is 10.1 Å². The molecule has 1 N–H and O–H groups in total. The van der Waals surface area contributed by atoms with Gasteiger partial charge in [0.1, 0.15) is 23.5 Å². The molecule has 6 rings (SSSR count). The number of rotatable bonds is 4. The van der Waals surface area contributed by atoms with Gasteiger partial charge < -0.3 is 14.8 Å². The fraction of sp³-hybridized carbons (Fsp3) is 0.444. The summed E-state index contributed by atoms with van der Waals surface area (Å²) >= 11 is 0. The third kappa shape index (κ3) is 4.67. The van der Waals surface area contributed by atoms with Crippen LogP contribution in [0.5, 0.6) is 5.75 Å². The molecule has 2 aromatic carbocycles. The van der Waals surface area contributed by atoms with Gasteiger partial charge in [-0.15, -0.1) is 0 Å². The average molecular weight is 469 g/mol. The third-order valence-electron chi connectivity index (χ3n) is 7.26. The lowest BCUT2D eigenvalue weighted by atomic mass is 9.79. The number of ether oxygens (including phenoxy) is 2. The highest BCUT2D eigenvalue weighted by atomic mass is 19.1. The highest BCUT2D eigenvalue weighted by Gasteiger charge is 2.41. The van der Waals surface area contributed by atoms with Crippen LogP contribution in [-0.4, -0.2) is 43.3 Å². The molecule has 4 aliphatic rings. The van der Waals surface area contributed by atoms with Crippen LogP contribution in [0.4, 0.5) is 13.6 Å². The van der Waals surface area contributed by atoms with Gasteiger partial charge in [0, 0.05) is 29.2 Å². The van der Waals surface area contributed by atoms with Crippen LogP contribution in [0.1, 0.15) is 49.4 Å². The van der Waals surface area contributed by atoms with Crippen molar-refractivity contribution in [2.45, 2.75) is 38.8 Å². The molecule has 5 nitrogen and oxygen atoms in total. The number of nitrogens with one attached hydrogen (secondary N) is 1. The van der Waals surface area contributed by atoms with Gasteiger partial charge in [0.2, 0.25) is 0 Å². The maximum atomic E-state index is 13.9. The molecule has 4 heterocycles. The first-order chi connectivity index (χ1) is 16.3. The van der Waals surface area contributed by atoms with E-state index in [2.05, 4.69) is 24.1 Å². The zero-order chi connectivity index (χ0) is 23.9. The first kappa shape index (κ1) is 22.8. The van der Waals surface area contributed by atoms with E-state index < -0.39 is 11.6 Å². The van der Waals surface area contributed by atoms with Crippen molar-refractivity contribution >= 4 is 18.2 Å². The van der Waals surface area contributed by atoms with E-state index >= 15 is 0 Å². The molecule has 34 heavy (non-hydrogen) atoms. The second-order valence-corrected chi connectivity index (χ2v) is 10.2. The van der Waals surface area contributed by atoms with Crippen molar-refractivity contribution in [1.29, 1.82) is 0 Å².